The van der Waals surface area contributed by atoms with E-state index in [1.54, 1.807) is 11.3 Å². The van der Waals surface area contributed by atoms with Crippen LogP contribution < -0.4 is 5.32 Å². The Morgan fingerprint density at radius 3 is 2.60 bits per heavy atom. The molecule has 0 bridgehead atoms. The zero-order valence-electron chi connectivity index (χ0n) is 15.2. The lowest BCUT2D eigenvalue weighted by Gasteiger charge is -2.34. The van der Waals surface area contributed by atoms with E-state index < -0.39 is 10.0 Å². The van der Waals surface area contributed by atoms with Crippen LogP contribution in [0.25, 0.3) is 0 Å². The summed E-state index contributed by atoms with van der Waals surface area (Å²) in [6.45, 7) is 8.65. The van der Waals surface area contributed by atoms with Gasteiger partial charge < -0.3 is 10.1 Å². The predicted octanol–water partition coefficient (Wildman–Crippen LogP) is 1.36. The molecule has 2 unspecified atom stereocenters. The van der Waals surface area contributed by atoms with Gasteiger partial charge in [-0.1, -0.05) is 13.8 Å². The maximum absolute atomic E-state index is 12.4. The quantitative estimate of drug-likeness (QED) is 0.761. The van der Waals surface area contributed by atoms with Crippen LogP contribution in [-0.4, -0.2) is 61.2 Å². The first-order chi connectivity index (χ1) is 11.7. The fourth-order valence-corrected chi connectivity index (χ4v) is 5.03. The zero-order chi connectivity index (χ0) is 18.6. The van der Waals surface area contributed by atoms with E-state index in [0.29, 0.717) is 19.0 Å². The third-order valence-corrected chi connectivity index (χ3v) is 6.87. The Bertz CT molecular complexity index is 677. The number of morpholine rings is 1. The summed E-state index contributed by atoms with van der Waals surface area (Å²) in [7, 11) is -3.40. The molecular formula is C16H27N3O4S2. The Labute approximate surface area is 153 Å². The van der Waals surface area contributed by atoms with Crippen molar-refractivity contribution < 1.29 is 17.9 Å². The van der Waals surface area contributed by atoms with Crippen LogP contribution in [0.1, 0.15) is 44.3 Å². The fraction of sp³-hybridized carbons (Fsp3) is 0.750. The van der Waals surface area contributed by atoms with E-state index in [1.807, 2.05) is 19.2 Å². The van der Waals surface area contributed by atoms with Crippen molar-refractivity contribution in [1.82, 2.24) is 14.6 Å². The topological polar surface area (TPSA) is 88.6 Å². The molecule has 142 valence electrons. The molecule has 1 aromatic rings. The SMILES string of the molecule is CC1CN(S(=O)(=O)CCNC(=O)Cc2csc(C(C)C)n2)CC(C)O1. The molecule has 0 saturated carbocycles. The van der Waals surface area contributed by atoms with Crippen molar-refractivity contribution in [1.29, 1.82) is 0 Å². The highest BCUT2D eigenvalue weighted by molar-refractivity contribution is 7.89. The van der Waals surface area contributed by atoms with Gasteiger partial charge in [-0.05, 0) is 13.8 Å². The zero-order valence-corrected chi connectivity index (χ0v) is 16.8. The highest BCUT2D eigenvalue weighted by Gasteiger charge is 2.30. The Hall–Kier alpha value is -1.03. The predicted molar refractivity (Wildman–Crippen MR) is 98.3 cm³/mol. The number of sulfonamides is 1. The number of rotatable bonds is 7. The molecule has 25 heavy (non-hydrogen) atoms. The highest BCUT2D eigenvalue weighted by Crippen LogP contribution is 2.19. The molecule has 0 spiro atoms. The van der Waals surface area contributed by atoms with Gasteiger partial charge in [-0.15, -0.1) is 11.3 Å². The normalized spacial score (nSPS) is 22.3. The molecule has 1 N–H and O–H groups in total. The third kappa shape index (κ3) is 6.02. The third-order valence-electron chi connectivity index (χ3n) is 3.87. The maximum Gasteiger partial charge on any atom is 0.226 e. The van der Waals surface area contributed by atoms with Crippen LogP contribution in [0.3, 0.4) is 0 Å². The number of nitrogens with one attached hydrogen (secondary N) is 1. The first-order valence-electron chi connectivity index (χ1n) is 8.51. The summed E-state index contributed by atoms with van der Waals surface area (Å²) >= 11 is 1.54. The number of nitrogens with zero attached hydrogens (tertiary/aromatic N) is 2. The van der Waals surface area contributed by atoms with E-state index in [9.17, 15) is 13.2 Å². The lowest BCUT2D eigenvalue weighted by molar-refractivity contribution is -0.120. The number of carbonyl (C=O) groups excluding carboxylic acids is 1. The van der Waals surface area contributed by atoms with Gasteiger partial charge in [0, 0.05) is 30.9 Å². The smallest absolute Gasteiger partial charge is 0.226 e. The van der Waals surface area contributed by atoms with E-state index in [-0.39, 0.29) is 36.8 Å². The van der Waals surface area contributed by atoms with Gasteiger partial charge in [0.15, 0.2) is 0 Å². The molecule has 1 aliphatic heterocycles. The molecule has 9 heteroatoms. The Morgan fingerprint density at radius 2 is 2.04 bits per heavy atom. The van der Waals surface area contributed by atoms with Gasteiger partial charge in [-0.2, -0.15) is 4.31 Å². The van der Waals surface area contributed by atoms with E-state index in [1.165, 1.54) is 4.31 Å². The van der Waals surface area contributed by atoms with Crippen molar-refractivity contribution in [2.75, 3.05) is 25.4 Å². The molecular weight excluding hydrogens is 362 g/mol. The molecule has 7 nitrogen and oxygen atoms in total. The molecule has 2 rings (SSSR count). The molecule has 0 aliphatic carbocycles. The number of carbonyl (C=O) groups is 1. The molecule has 2 heterocycles. The van der Waals surface area contributed by atoms with Crippen LogP contribution in [0.2, 0.25) is 0 Å². The number of aromatic nitrogens is 1. The number of thiazole rings is 1. The van der Waals surface area contributed by atoms with Gasteiger partial charge in [0.25, 0.3) is 0 Å². The van der Waals surface area contributed by atoms with E-state index in [4.69, 9.17) is 4.74 Å². The number of ether oxygens (including phenoxy) is 1. The van der Waals surface area contributed by atoms with Crippen LogP contribution >= 0.6 is 11.3 Å². The minimum Gasteiger partial charge on any atom is -0.373 e. The number of amides is 1. The lowest BCUT2D eigenvalue weighted by Crippen LogP contribution is -2.49. The van der Waals surface area contributed by atoms with Gasteiger partial charge in [-0.3, -0.25) is 4.79 Å². The lowest BCUT2D eigenvalue weighted by atomic mass is 10.2. The van der Waals surface area contributed by atoms with Crippen LogP contribution in [-0.2, 0) is 26.0 Å². The summed E-state index contributed by atoms with van der Waals surface area (Å²) < 4.78 is 31.8. The van der Waals surface area contributed by atoms with E-state index >= 15 is 0 Å². The fourth-order valence-electron chi connectivity index (χ4n) is 2.70. The average Bonchev–Trinajstić information content (AvgIpc) is 2.94. The van der Waals surface area contributed by atoms with Crippen molar-refractivity contribution in [3.8, 4) is 0 Å². The van der Waals surface area contributed by atoms with Gasteiger partial charge in [0.1, 0.15) is 0 Å². The van der Waals surface area contributed by atoms with Crippen LogP contribution in [0.4, 0.5) is 0 Å². The minimum atomic E-state index is -3.40. The first-order valence-corrected chi connectivity index (χ1v) is 11.0. The van der Waals surface area contributed by atoms with Crippen molar-refractivity contribution in [3.05, 3.63) is 16.1 Å². The van der Waals surface area contributed by atoms with Gasteiger partial charge in [0.05, 0.1) is 35.1 Å². The summed E-state index contributed by atoms with van der Waals surface area (Å²) in [5.41, 5.74) is 0.727. The minimum absolute atomic E-state index is 0.0997. The average molecular weight is 390 g/mol. The summed E-state index contributed by atoms with van der Waals surface area (Å²) in [6, 6.07) is 0. The van der Waals surface area contributed by atoms with Crippen LogP contribution in [0, 0.1) is 0 Å². The van der Waals surface area contributed by atoms with E-state index in [0.717, 1.165) is 10.7 Å². The first kappa shape index (κ1) is 20.3. The summed E-state index contributed by atoms with van der Waals surface area (Å²) in [4.78, 5) is 16.4. The van der Waals surface area contributed by atoms with Crippen molar-refractivity contribution in [2.45, 2.75) is 52.2 Å². The molecule has 1 aromatic heterocycles. The standard InChI is InChI=1S/C16H27N3O4S2/c1-11(2)16-18-14(10-24-16)7-15(20)17-5-6-25(21,22)19-8-12(3)23-13(4)9-19/h10-13H,5-9H2,1-4H3,(H,17,20). The Balaban J connectivity index is 1.79. The van der Waals surface area contributed by atoms with E-state index in [2.05, 4.69) is 24.1 Å². The molecule has 1 fully saturated rings. The molecule has 0 aromatic carbocycles. The van der Waals surface area contributed by atoms with Gasteiger partial charge in [0.2, 0.25) is 15.9 Å². The van der Waals surface area contributed by atoms with Gasteiger partial charge >= 0.3 is 0 Å². The highest BCUT2D eigenvalue weighted by atomic mass is 32.2. The van der Waals surface area contributed by atoms with Crippen LogP contribution in [0.15, 0.2) is 5.38 Å². The number of hydrogen-bond acceptors (Lipinski definition) is 6. The summed E-state index contributed by atoms with van der Waals surface area (Å²) in [5.74, 6) is 0.0248. The summed E-state index contributed by atoms with van der Waals surface area (Å²) in [6.07, 6.45) is -0.0598. The largest absolute Gasteiger partial charge is 0.373 e. The number of hydrogen-bond donors (Lipinski definition) is 1. The molecule has 1 saturated heterocycles. The van der Waals surface area contributed by atoms with Gasteiger partial charge in [-0.25, -0.2) is 13.4 Å². The van der Waals surface area contributed by atoms with Crippen molar-refractivity contribution in [2.24, 2.45) is 0 Å². The maximum atomic E-state index is 12.4. The second kappa shape index (κ2) is 8.57. The second-order valence-corrected chi connectivity index (χ2v) is 9.73. The second-order valence-electron chi connectivity index (χ2n) is 6.75. The molecule has 2 atom stereocenters. The molecule has 1 aliphatic rings. The monoisotopic (exact) mass is 389 g/mol. The van der Waals surface area contributed by atoms with Crippen molar-refractivity contribution >= 4 is 27.3 Å². The molecule has 0 radical (unpaired) electrons. The Kier molecular flexibility index (Phi) is 6.95. The Morgan fingerprint density at radius 1 is 1.40 bits per heavy atom. The molecule has 1 amide bonds. The van der Waals surface area contributed by atoms with Crippen molar-refractivity contribution in [3.63, 3.8) is 0 Å². The summed E-state index contributed by atoms with van der Waals surface area (Å²) in [5, 5.41) is 5.55. The van der Waals surface area contributed by atoms with Crippen LogP contribution in [0.5, 0.6) is 0 Å².